The minimum absolute atomic E-state index is 0.0111. The summed E-state index contributed by atoms with van der Waals surface area (Å²) < 4.78 is 54.1. The molecule has 3 atom stereocenters. The Morgan fingerprint density at radius 3 is 2.70 bits per heavy atom. The first-order valence-corrected chi connectivity index (χ1v) is 14.2. The highest BCUT2D eigenvalue weighted by Crippen LogP contribution is 2.53. The number of aromatic nitrogens is 5. The topological polar surface area (TPSA) is 119 Å². The van der Waals surface area contributed by atoms with Gasteiger partial charge in [0.2, 0.25) is 5.89 Å². The normalized spacial score (nSPS) is 22.3. The average molecular weight is 523 g/mol. The summed E-state index contributed by atoms with van der Waals surface area (Å²) >= 11 is 0. The van der Waals surface area contributed by atoms with Crippen molar-refractivity contribution in [2.45, 2.75) is 49.2 Å². The highest BCUT2D eigenvalue weighted by molar-refractivity contribution is 7.90. The monoisotopic (exact) mass is 522 g/mol. The third kappa shape index (κ3) is 4.20. The molecule has 1 unspecified atom stereocenters. The lowest BCUT2D eigenvalue weighted by molar-refractivity contribution is 0.388. The number of halogens is 2. The van der Waals surface area contributed by atoms with Gasteiger partial charge in [-0.1, -0.05) is 12.5 Å². The Bertz CT molecular complexity index is 1600. The van der Waals surface area contributed by atoms with Gasteiger partial charge in [0.15, 0.2) is 0 Å². The fourth-order valence-electron chi connectivity index (χ4n) is 5.69. The molecule has 0 aliphatic heterocycles. The lowest BCUT2D eigenvalue weighted by atomic mass is 9.68. The van der Waals surface area contributed by atoms with Crippen molar-refractivity contribution in [2.24, 2.45) is 0 Å². The van der Waals surface area contributed by atoms with Crippen LogP contribution in [0.3, 0.4) is 0 Å². The zero-order valence-corrected chi connectivity index (χ0v) is 20.9. The molecule has 1 fully saturated rings. The second-order valence-electron chi connectivity index (χ2n) is 9.92. The lowest BCUT2D eigenvalue weighted by Crippen LogP contribution is -2.34. The fourth-order valence-corrected chi connectivity index (χ4v) is 6.39. The minimum atomic E-state index is -2.77. The van der Waals surface area contributed by atoms with Crippen molar-refractivity contribution in [3.05, 3.63) is 77.2 Å². The number of hydrogen-bond acceptors (Lipinski definition) is 8. The van der Waals surface area contributed by atoms with Crippen LogP contribution in [0.5, 0.6) is 0 Å². The van der Waals surface area contributed by atoms with Crippen LogP contribution in [-0.4, -0.2) is 35.6 Å². The number of oxazole rings is 1. The van der Waals surface area contributed by atoms with Crippen LogP contribution in [0, 0.1) is 16.4 Å². The molecule has 0 amide bonds. The summed E-state index contributed by atoms with van der Waals surface area (Å²) in [7, 11) is -2.77. The predicted octanol–water partition coefficient (Wildman–Crippen LogP) is 5.39. The van der Waals surface area contributed by atoms with Gasteiger partial charge in [0.05, 0.1) is 45.7 Å². The molecule has 3 aromatic heterocycles. The molecule has 0 saturated heterocycles. The summed E-state index contributed by atoms with van der Waals surface area (Å²) in [5.41, 5.74) is 2.77. The highest BCUT2D eigenvalue weighted by Gasteiger charge is 2.47. The van der Waals surface area contributed by atoms with Crippen LogP contribution in [0.25, 0.3) is 22.8 Å². The van der Waals surface area contributed by atoms with E-state index < -0.39 is 26.8 Å². The van der Waals surface area contributed by atoms with Crippen LogP contribution in [0.1, 0.15) is 60.7 Å². The van der Waals surface area contributed by atoms with Gasteiger partial charge in [-0.3, -0.25) is 9.76 Å². The van der Waals surface area contributed by atoms with Crippen molar-refractivity contribution in [1.29, 1.82) is 4.78 Å². The first kappa shape index (κ1) is 23.8. The molecule has 0 spiro atoms. The van der Waals surface area contributed by atoms with Crippen LogP contribution in [0.2, 0.25) is 0 Å². The Morgan fingerprint density at radius 2 is 1.92 bits per heavy atom. The molecule has 3 aliphatic carbocycles. The van der Waals surface area contributed by atoms with E-state index in [1.165, 1.54) is 30.7 Å². The van der Waals surface area contributed by atoms with Gasteiger partial charge in [0.1, 0.15) is 23.6 Å². The summed E-state index contributed by atoms with van der Waals surface area (Å²) in [4.78, 5) is 13.7. The quantitative estimate of drug-likeness (QED) is 0.373. The van der Waals surface area contributed by atoms with Gasteiger partial charge in [-0.25, -0.2) is 23.0 Å². The summed E-state index contributed by atoms with van der Waals surface area (Å²) in [6.45, 7) is 0. The Balaban J connectivity index is 1.43. The summed E-state index contributed by atoms with van der Waals surface area (Å²) in [5.74, 6) is -0.882. The Morgan fingerprint density at radius 1 is 1.11 bits per heavy atom. The molecule has 3 aliphatic rings. The molecular formula is C26H24F2N6O2S. The molecule has 11 heteroatoms. The molecule has 2 bridgehead atoms. The standard InChI is InChI=1S/C26H24F2N6O2S/c1-37(29,35)14-16-13-36-25(31-16)21-11-30-12-22(32-21)26-8-3-4-15(7-9-26)17-10-20(33-34-24(17)26)23-18(27)5-2-6-19(23)28/h2,5-6,10-13,15,29H,3-4,7-9,14H2,1H3/t15-,26+,37?/m0/s1. The third-order valence-electron chi connectivity index (χ3n) is 7.33. The summed E-state index contributed by atoms with van der Waals surface area (Å²) in [6, 6.07) is 5.56. The summed E-state index contributed by atoms with van der Waals surface area (Å²) in [5, 5.41) is 8.85. The number of benzene rings is 1. The van der Waals surface area contributed by atoms with Crippen molar-refractivity contribution in [2.75, 3.05) is 6.26 Å². The molecule has 0 radical (unpaired) electrons. The largest absolute Gasteiger partial charge is 0.443 e. The van der Waals surface area contributed by atoms with E-state index in [1.807, 2.05) is 0 Å². The van der Waals surface area contributed by atoms with Gasteiger partial charge in [-0.2, -0.15) is 5.10 Å². The third-order valence-corrected chi connectivity index (χ3v) is 8.18. The van der Waals surface area contributed by atoms with E-state index in [0.717, 1.165) is 43.4 Å². The number of hydrogen-bond donors (Lipinski definition) is 1. The van der Waals surface area contributed by atoms with E-state index in [-0.39, 0.29) is 28.8 Å². The van der Waals surface area contributed by atoms with Crippen molar-refractivity contribution in [1.82, 2.24) is 25.1 Å². The van der Waals surface area contributed by atoms with Crippen LogP contribution in [-0.2, 0) is 20.9 Å². The predicted molar refractivity (Wildman–Crippen MR) is 132 cm³/mol. The first-order chi connectivity index (χ1) is 17.7. The molecule has 8 nitrogen and oxygen atoms in total. The zero-order valence-electron chi connectivity index (χ0n) is 20.1. The van der Waals surface area contributed by atoms with Gasteiger partial charge < -0.3 is 4.42 Å². The highest BCUT2D eigenvalue weighted by atomic mass is 32.2. The lowest BCUT2D eigenvalue weighted by Gasteiger charge is -2.37. The van der Waals surface area contributed by atoms with E-state index in [9.17, 15) is 13.0 Å². The SMILES string of the molecule is CS(=N)(=O)Cc1coc(-c2cncc([C@@]34CCC[C@@H](CC3)c3cc(-c5c(F)cccc5F)nnc34)n2)n1. The van der Waals surface area contributed by atoms with Crippen molar-refractivity contribution >= 4 is 9.73 Å². The van der Waals surface area contributed by atoms with E-state index in [2.05, 4.69) is 20.2 Å². The van der Waals surface area contributed by atoms with Crippen LogP contribution in [0.15, 0.2) is 47.3 Å². The number of fused-ring (bicyclic) bond motifs is 3. The maximum atomic E-state index is 14.5. The molecular weight excluding hydrogens is 498 g/mol. The van der Waals surface area contributed by atoms with Gasteiger partial charge >= 0.3 is 0 Å². The van der Waals surface area contributed by atoms with Crippen molar-refractivity contribution in [3.63, 3.8) is 0 Å². The molecule has 3 heterocycles. The molecule has 37 heavy (non-hydrogen) atoms. The maximum absolute atomic E-state index is 14.5. The Hall–Kier alpha value is -3.60. The van der Waals surface area contributed by atoms with Crippen molar-refractivity contribution in [3.8, 4) is 22.8 Å². The maximum Gasteiger partial charge on any atom is 0.246 e. The van der Waals surface area contributed by atoms with Crippen molar-refractivity contribution < 1.29 is 17.4 Å². The Kier molecular flexibility index (Phi) is 5.63. The van der Waals surface area contributed by atoms with E-state index in [1.54, 1.807) is 18.5 Å². The van der Waals surface area contributed by atoms with Gasteiger partial charge in [-0.05, 0) is 55.4 Å². The number of nitrogens with one attached hydrogen (secondary N) is 1. The summed E-state index contributed by atoms with van der Waals surface area (Å²) in [6.07, 6.45) is 10.4. The first-order valence-electron chi connectivity index (χ1n) is 12.0. The molecule has 1 saturated carbocycles. The zero-order chi connectivity index (χ0) is 25.8. The van der Waals surface area contributed by atoms with Gasteiger partial charge in [0, 0.05) is 22.2 Å². The Labute approximate surface area is 212 Å². The smallest absolute Gasteiger partial charge is 0.246 e. The van der Waals surface area contributed by atoms with Gasteiger partial charge in [0.25, 0.3) is 0 Å². The molecule has 190 valence electrons. The molecule has 1 N–H and O–H groups in total. The second-order valence-corrected chi connectivity index (χ2v) is 12.2. The molecule has 4 aromatic rings. The number of rotatable bonds is 5. The second kappa shape index (κ2) is 8.76. The van der Waals surface area contributed by atoms with Crippen LogP contribution >= 0.6 is 0 Å². The number of nitrogens with zero attached hydrogens (tertiary/aromatic N) is 5. The van der Waals surface area contributed by atoms with Gasteiger partial charge in [-0.15, -0.1) is 5.10 Å². The van der Waals surface area contributed by atoms with E-state index in [0.29, 0.717) is 17.1 Å². The molecule has 7 rings (SSSR count). The van der Waals surface area contributed by atoms with E-state index >= 15 is 0 Å². The average Bonchev–Trinajstić information content (AvgIpc) is 3.12. The van der Waals surface area contributed by atoms with E-state index in [4.69, 9.17) is 14.2 Å². The molecule has 1 aromatic carbocycles. The minimum Gasteiger partial charge on any atom is -0.443 e. The fraction of sp³-hybridized carbons (Fsp3) is 0.346. The van der Waals surface area contributed by atoms with Crippen LogP contribution < -0.4 is 0 Å². The van der Waals surface area contributed by atoms with Crippen LogP contribution in [0.4, 0.5) is 8.78 Å².